The third-order valence-electron chi connectivity index (χ3n) is 2.30. The number of rotatable bonds is 4. The molecule has 1 fully saturated rings. The number of methoxy groups -OCH3 is 1. The minimum absolute atomic E-state index is 0.0199. The van der Waals surface area contributed by atoms with Crippen LogP contribution < -0.4 is 11.1 Å². The third-order valence-corrected chi connectivity index (χ3v) is 2.30. The van der Waals surface area contributed by atoms with E-state index in [4.69, 9.17) is 15.2 Å². The first-order chi connectivity index (χ1) is 6.58. The standard InChI is InChI=1S/C9H18N2O3/c1-7(5-13-2)11-8(12)9(10)3-4-14-6-9/h7H,3-6,10H2,1-2H3,(H,11,12). The van der Waals surface area contributed by atoms with Gasteiger partial charge in [-0.1, -0.05) is 0 Å². The highest BCUT2D eigenvalue weighted by molar-refractivity contribution is 5.86. The van der Waals surface area contributed by atoms with E-state index in [2.05, 4.69) is 5.32 Å². The molecule has 0 aromatic heterocycles. The van der Waals surface area contributed by atoms with E-state index in [1.165, 1.54) is 0 Å². The molecule has 0 saturated carbocycles. The summed E-state index contributed by atoms with van der Waals surface area (Å²) < 4.78 is 10.0. The average molecular weight is 202 g/mol. The van der Waals surface area contributed by atoms with Gasteiger partial charge >= 0.3 is 0 Å². The quantitative estimate of drug-likeness (QED) is 0.629. The molecule has 5 nitrogen and oxygen atoms in total. The maximum absolute atomic E-state index is 11.7. The van der Waals surface area contributed by atoms with Crippen LogP contribution >= 0.6 is 0 Å². The molecule has 2 unspecified atom stereocenters. The van der Waals surface area contributed by atoms with E-state index in [1.807, 2.05) is 6.92 Å². The predicted molar refractivity (Wildman–Crippen MR) is 51.8 cm³/mol. The van der Waals surface area contributed by atoms with Gasteiger partial charge in [0.15, 0.2) is 0 Å². The van der Waals surface area contributed by atoms with Crippen molar-refractivity contribution in [3.63, 3.8) is 0 Å². The van der Waals surface area contributed by atoms with Crippen molar-refractivity contribution in [1.82, 2.24) is 5.32 Å². The fraction of sp³-hybridized carbons (Fsp3) is 0.889. The minimum Gasteiger partial charge on any atom is -0.383 e. The largest absolute Gasteiger partial charge is 0.383 e. The van der Waals surface area contributed by atoms with E-state index in [9.17, 15) is 4.79 Å². The normalized spacial score (nSPS) is 28.8. The Morgan fingerprint density at radius 3 is 3.00 bits per heavy atom. The lowest BCUT2D eigenvalue weighted by Crippen LogP contribution is -2.56. The molecule has 2 atom stereocenters. The smallest absolute Gasteiger partial charge is 0.242 e. The van der Waals surface area contributed by atoms with Crippen LogP contribution in [0.25, 0.3) is 0 Å². The number of ether oxygens (including phenoxy) is 2. The Kier molecular flexibility index (Phi) is 3.86. The lowest BCUT2D eigenvalue weighted by Gasteiger charge is -2.23. The molecule has 82 valence electrons. The van der Waals surface area contributed by atoms with Crippen LogP contribution in [0.3, 0.4) is 0 Å². The van der Waals surface area contributed by atoms with Gasteiger partial charge in [0.2, 0.25) is 5.91 Å². The summed E-state index contributed by atoms with van der Waals surface area (Å²) in [6.07, 6.45) is 0.582. The van der Waals surface area contributed by atoms with Crippen molar-refractivity contribution in [3.8, 4) is 0 Å². The highest BCUT2D eigenvalue weighted by Crippen LogP contribution is 2.15. The molecular formula is C9H18N2O3. The molecule has 1 aliphatic rings. The molecule has 0 aromatic carbocycles. The van der Waals surface area contributed by atoms with Crippen molar-refractivity contribution in [2.45, 2.75) is 24.9 Å². The second kappa shape index (κ2) is 4.72. The van der Waals surface area contributed by atoms with E-state index in [1.54, 1.807) is 7.11 Å². The first-order valence-electron chi connectivity index (χ1n) is 4.75. The molecular weight excluding hydrogens is 184 g/mol. The summed E-state index contributed by atoms with van der Waals surface area (Å²) in [6, 6.07) is -0.0199. The second-order valence-electron chi connectivity index (χ2n) is 3.79. The van der Waals surface area contributed by atoms with Gasteiger partial charge in [-0.15, -0.1) is 0 Å². The Morgan fingerprint density at radius 1 is 1.79 bits per heavy atom. The summed E-state index contributed by atoms with van der Waals surface area (Å²) in [7, 11) is 1.60. The van der Waals surface area contributed by atoms with E-state index in [-0.39, 0.29) is 11.9 Å². The second-order valence-corrected chi connectivity index (χ2v) is 3.79. The highest BCUT2D eigenvalue weighted by Gasteiger charge is 2.38. The first-order valence-corrected chi connectivity index (χ1v) is 4.75. The predicted octanol–water partition coefficient (Wildman–Crippen LogP) is -0.745. The molecule has 1 aliphatic heterocycles. The number of nitrogens with one attached hydrogen (secondary N) is 1. The monoisotopic (exact) mass is 202 g/mol. The number of carbonyl (C=O) groups is 1. The summed E-state index contributed by atoms with van der Waals surface area (Å²) in [5.74, 6) is -0.153. The van der Waals surface area contributed by atoms with Crippen LogP contribution in [-0.2, 0) is 14.3 Å². The van der Waals surface area contributed by atoms with Crippen LogP contribution in [0.4, 0.5) is 0 Å². The highest BCUT2D eigenvalue weighted by atomic mass is 16.5. The van der Waals surface area contributed by atoms with Crippen LogP contribution in [-0.4, -0.2) is 44.4 Å². The minimum atomic E-state index is -0.845. The first kappa shape index (κ1) is 11.4. The fourth-order valence-electron chi connectivity index (χ4n) is 1.42. The van der Waals surface area contributed by atoms with Crippen LogP contribution in [0.5, 0.6) is 0 Å². The number of hydrogen-bond donors (Lipinski definition) is 2. The zero-order valence-corrected chi connectivity index (χ0v) is 8.71. The Morgan fingerprint density at radius 2 is 2.50 bits per heavy atom. The van der Waals surface area contributed by atoms with Crippen molar-refractivity contribution >= 4 is 5.91 Å². The summed E-state index contributed by atoms with van der Waals surface area (Å²) in [5.41, 5.74) is 5.02. The Balaban J connectivity index is 2.40. The van der Waals surface area contributed by atoms with Gasteiger partial charge in [0.1, 0.15) is 5.54 Å². The van der Waals surface area contributed by atoms with Crippen molar-refractivity contribution < 1.29 is 14.3 Å². The van der Waals surface area contributed by atoms with Crippen molar-refractivity contribution in [3.05, 3.63) is 0 Å². The average Bonchev–Trinajstić information content (AvgIpc) is 2.54. The van der Waals surface area contributed by atoms with E-state index >= 15 is 0 Å². The number of carbonyl (C=O) groups excluding carboxylic acids is 1. The van der Waals surface area contributed by atoms with Crippen LogP contribution in [0.15, 0.2) is 0 Å². The molecule has 3 N–H and O–H groups in total. The maximum Gasteiger partial charge on any atom is 0.242 e. The molecule has 0 spiro atoms. The molecule has 0 aromatic rings. The van der Waals surface area contributed by atoms with Gasteiger partial charge in [-0.3, -0.25) is 4.79 Å². The SMILES string of the molecule is COCC(C)NC(=O)C1(N)CCOC1. The van der Waals surface area contributed by atoms with Gasteiger partial charge in [0.25, 0.3) is 0 Å². The molecule has 0 aliphatic carbocycles. The molecule has 0 bridgehead atoms. The molecule has 1 rings (SSSR count). The molecule has 5 heteroatoms. The third kappa shape index (κ3) is 2.67. The zero-order chi connectivity index (χ0) is 10.6. The van der Waals surface area contributed by atoms with Gasteiger partial charge in [-0.25, -0.2) is 0 Å². The van der Waals surface area contributed by atoms with E-state index in [0.717, 1.165) is 0 Å². The summed E-state index contributed by atoms with van der Waals surface area (Å²) in [4.78, 5) is 11.7. The number of nitrogens with two attached hydrogens (primary N) is 1. The fourth-order valence-corrected chi connectivity index (χ4v) is 1.42. The van der Waals surface area contributed by atoms with Crippen molar-refractivity contribution in [2.75, 3.05) is 26.9 Å². The van der Waals surface area contributed by atoms with Gasteiger partial charge in [0, 0.05) is 19.8 Å². The number of hydrogen-bond acceptors (Lipinski definition) is 4. The van der Waals surface area contributed by atoms with Crippen molar-refractivity contribution in [1.29, 1.82) is 0 Å². The van der Waals surface area contributed by atoms with Gasteiger partial charge in [-0.05, 0) is 13.3 Å². The zero-order valence-electron chi connectivity index (χ0n) is 8.71. The molecule has 14 heavy (non-hydrogen) atoms. The summed E-state index contributed by atoms with van der Waals surface area (Å²) >= 11 is 0. The summed E-state index contributed by atoms with van der Waals surface area (Å²) in [6.45, 7) is 3.23. The molecule has 0 radical (unpaired) electrons. The Hall–Kier alpha value is -0.650. The lowest BCUT2D eigenvalue weighted by molar-refractivity contribution is -0.127. The van der Waals surface area contributed by atoms with Crippen LogP contribution in [0.1, 0.15) is 13.3 Å². The van der Waals surface area contributed by atoms with Gasteiger partial charge in [-0.2, -0.15) is 0 Å². The van der Waals surface area contributed by atoms with Gasteiger partial charge < -0.3 is 20.5 Å². The Bertz CT molecular complexity index is 202. The van der Waals surface area contributed by atoms with Gasteiger partial charge in [0.05, 0.1) is 13.2 Å². The molecule has 1 saturated heterocycles. The maximum atomic E-state index is 11.7. The molecule has 1 amide bonds. The summed E-state index contributed by atoms with van der Waals surface area (Å²) in [5, 5.41) is 2.79. The lowest BCUT2D eigenvalue weighted by atomic mass is 9.99. The number of amides is 1. The van der Waals surface area contributed by atoms with Crippen molar-refractivity contribution in [2.24, 2.45) is 5.73 Å². The van der Waals surface area contributed by atoms with Crippen LogP contribution in [0.2, 0.25) is 0 Å². The molecule has 1 heterocycles. The van der Waals surface area contributed by atoms with E-state index in [0.29, 0.717) is 26.2 Å². The van der Waals surface area contributed by atoms with E-state index < -0.39 is 5.54 Å². The Labute approximate surface area is 83.9 Å². The topological polar surface area (TPSA) is 73.6 Å². The van der Waals surface area contributed by atoms with Crippen LogP contribution in [0, 0.1) is 0 Å².